The van der Waals surface area contributed by atoms with Crippen LogP contribution in [0.5, 0.6) is 5.75 Å². The van der Waals surface area contributed by atoms with Gasteiger partial charge in [-0.05, 0) is 74.6 Å². The summed E-state index contributed by atoms with van der Waals surface area (Å²) in [6.45, 7) is 11.9. The van der Waals surface area contributed by atoms with E-state index in [4.69, 9.17) is 16.3 Å². The molecule has 46 heavy (non-hydrogen) atoms. The van der Waals surface area contributed by atoms with E-state index in [-0.39, 0.29) is 16.7 Å². The van der Waals surface area contributed by atoms with Crippen molar-refractivity contribution in [1.82, 2.24) is 9.47 Å². The van der Waals surface area contributed by atoms with Crippen LogP contribution in [0.3, 0.4) is 0 Å². The fourth-order valence-electron chi connectivity index (χ4n) is 6.06. The molecule has 1 aliphatic rings. The number of likely N-dealkylation sites (tertiary alicyclic amines) is 1. The van der Waals surface area contributed by atoms with Gasteiger partial charge in [0, 0.05) is 57.2 Å². The molecule has 244 valence electrons. The lowest BCUT2D eigenvalue weighted by Gasteiger charge is -2.25. The zero-order valence-electron chi connectivity index (χ0n) is 27.5. The lowest BCUT2D eigenvalue weighted by atomic mass is 9.88. The fraction of sp³-hybridized carbons (Fsp3) is 0.421. The number of hydrogen-bond donors (Lipinski definition) is 1. The summed E-state index contributed by atoms with van der Waals surface area (Å²) >= 11 is 7.95. The highest BCUT2D eigenvalue weighted by molar-refractivity contribution is 8.00. The molecule has 4 aromatic rings. The summed E-state index contributed by atoms with van der Waals surface area (Å²) in [6.07, 6.45) is 3.52. The Labute approximate surface area is 282 Å². The Balaban J connectivity index is 1.44. The van der Waals surface area contributed by atoms with Gasteiger partial charge in [-0.1, -0.05) is 74.8 Å². The minimum absolute atomic E-state index is 0.0452. The van der Waals surface area contributed by atoms with Gasteiger partial charge < -0.3 is 19.3 Å². The van der Waals surface area contributed by atoms with Gasteiger partial charge in [-0.2, -0.15) is 0 Å². The highest BCUT2D eigenvalue weighted by Crippen LogP contribution is 2.44. The molecule has 1 aromatic heterocycles. The van der Waals surface area contributed by atoms with Crippen LogP contribution in [0.4, 0.5) is 0 Å². The largest absolute Gasteiger partial charge is 0.491 e. The molecule has 0 spiro atoms. The molecule has 1 unspecified atom stereocenters. The number of carbonyl (C=O) groups excluding carboxylic acids is 1. The molecule has 1 aliphatic heterocycles. The van der Waals surface area contributed by atoms with E-state index in [9.17, 15) is 14.7 Å². The molecule has 1 amide bonds. The summed E-state index contributed by atoms with van der Waals surface area (Å²) in [7, 11) is 0. The van der Waals surface area contributed by atoms with E-state index in [0.29, 0.717) is 31.0 Å². The topological polar surface area (TPSA) is 71.8 Å². The number of amides is 1. The first-order valence-electron chi connectivity index (χ1n) is 16.1. The van der Waals surface area contributed by atoms with E-state index < -0.39 is 11.4 Å². The molecule has 8 heteroatoms. The highest BCUT2D eigenvalue weighted by Gasteiger charge is 2.33. The molecule has 3 aromatic carbocycles. The number of ether oxygens (including phenoxy) is 1. The molecule has 0 bridgehead atoms. The Morgan fingerprint density at radius 1 is 0.978 bits per heavy atom. The molecule has 5 rings (SSSR count). The van der Waals surface area contributed by atoms with Gasteiger partial charge in [-0.3, -0.25) is 9.59 Å². The number of aromatic nitrogens is 1. The van der Waals surface area contributed by atoms with Crippen LogP contribution < -0.4 is 4.74 Å². The zero-order valence-corrected chi connectivity index (χ0v) is 29.1. The van der Waals surface area contributed by atoms with Gasteiger partial charge in [0.25, 0.3) is 0 Å². The van der Waals surface area contributed by atoms with Crippen molar-refractivity contribution in [2.45, 2.75) is 89.0 Å². The maximum absolute atomic E-state index is 13.2. The molecule has 1 atom stereocenters. The van der Waals surface area contributed by atoms with Crippen molar-refractivity contribution in [1.29, 1.82) is 0 Å². The molecule has 2 heterocycles. The Bertz CT molecular complexity index is 1680. The van der Waals surface area contributed by atoms with Crippen molar-refractivity contribution in [2.24, 2.45) is 5.41 Å². The van der Waals surface area contributed by atoms with Crippen LogP contribution >= 0.6 is 23.4 Å². The molecule has 0 aliphatic carbocycles. The molecule has 6 nitrogen and oxygen atoms in total. The molecule has 1 saturated heterocycles. The molecule has 0 saturated carbocycles. The third kappa shape index (κ3) is 8.29. The number of aliphatic carboxylic acids is 1. The van der Waals surface area contributed by atoms with Crippen LogP contribution in [0.2, 0.25) is 5.02 Å². The number of hydrogen-bond acceptors (Lipinski definition) is 4. The van der Waals surface area contributed by atoms with Crippen molar-refractivity contribution in [2.75, 3.05) is 13.2 Å². The summed E-state index contributed by atoms with van der Waals surface area (Å²) in [4.78, 5) is 28.6. The van der Waals surface area contributed by atoms with E-state index in [1.54, 1.807) is 25.6 Å². The van der Waals surface area contributed by atoms with E-state index in [0.717, 1.165) is 58.6 Å². The summed E-state index contributed by atoms with van der Waals surface area (Å²) in [5.74, 6) is 0.102. The first-order valence-corrected chi connectivity index (χ1v) is 17.3. The summed E-state index contributed by atoms with van der Waals surface area (Å²) in [5.41, 5.74) is 3.33. The van der Waals surface area contributed by atoms with Gasteiger partial charge in [-0.15, -0.1) is 11.8 Å². The number of carbonyl (C=O) groups is 2. The normalized spacial score (nSPS) is 15.4. The van der Waals surface area contributed by atoms with Crippen molar-refractivity contribution in [3.8, 4) is 5.75 Å². The van der Waals surface area contributed by atoms with Gasteiger partial charge in [-0.25, -0.2) is 0 Å². The van der Waals surface area contributed by atoms with Crippen molar-refractivity contribution < 1.29 is 19.4 Å². The summed E-state index contributed by atoms with van der Waals surface area (Å²) in [6, 6.07) is 24.2. The Hall–Kier alpha value is -3.42. The van der Waals surface area contributed by atoms with Crippen LogP contribution in [0, 0.1) is 5.41 Å². The molecule has 1 N–H and O–H groups in total. The third-order valence-corrected chi connectivity index (χ3v) is 10.1. The molecule has 0 radical (unpaired) electrons. The lowest BCUT2D eigenvalue weighted by molar-refractivity contribution is -0.146. The standard InChI is InChI=1S/C38H45ClN2O4S/c1-37(2,3)46-35-31-22-30(45-25-29-12-9-21-40(29)34(42)20-15-26-10-7-6-8-11-26)18-19-32(31)41(24-27-13-16-28(39)17-14-27)33(35)23-38(4,5)36(43)44/h6-8,10-11,13-14,16-19,22,29H,9,12,15,20-21,23-25H2,1-5H3,(H,43,44). The zero-order chi connectivity index (χ0) is 33.1. The van der Waals surface area contributed by atoms with Crippen LogP contribution in [0.15, 0.2) is 77.7 Å². The van der Waals surface area contributed by atoms with E-state index >= 15 is 0 Å². The predicted octanol–water partition coefficient (Wildman–Crippen LogP) is 8.89. The molecular formula is C38H45ClN2O4S. The number of carboxylic acid groups (broad SMARTS) is 1. The van der Waals surface area contributed by atoms with Crippen LogP contribution in [0.25, 0.3) is 10.9 Å². The number of halogens is 1. The number of benzene rings is 3. The van der Waals surface area contributed by atoms with Gasteiger partial charge in [0.05, 0.1) is 11.5 Å². The number of carboxylic acids is 1. The number of fused-ring (bicyclic) bond motifs is 1. The summed E-state index contributed by atoms with van der Waals surface area (Å²) in [5, 5.41) is 11.8. The number of thioether (sulfide) groups is 1. The summed E-state index contributed by atoms with van der Waals surface area (Å²) < 4.78 is 8.57. The molecule has 1 fully saturated rings. The van der Waals surface area contributed by atoms with E-state index in [1.807, 2.05) is 53.4 Å². The number of nitrogens with zero attached hydrogens (tertiary/aromatic N) is 2. The minimum atomic E-state index is -0.961. The maximum atomic E-state index is 13.2. The average Bonchev–Trinajstić information content (AvgIpc) is 3.58. The van der Waals surface area contributed by atoms with E-state index in [2.05, 4.69) is 49.6 Å². The second kappa shape index (κ2) is 14.1. The highest BCUT2D eigenvalue weighted by atomic mass is 35.5. The minimum Gasteiger partial charge on any atom is -0.491 e. The monoisotopic (exact) mass is 660 g/mol. The quantitative estimate of drug-likeness (QED) is 0.154. The molecular weight excluding hydrogens is 616 g/mol. The Morgan fingerprint density at radius 3 is 2.37 bits per heavy atom. The second-order valence-corrected chi connectivity index (χ2v) is 16.2. The SMILES string of the molecule is CC(C)(C)Sc1c(CC(C)(C)C(=O)O)n(Cc2ccc(Cl)cc2)c2ccc(OCC3CCCN3C(=O)CCc3ccccc3)cc12. The van der Waals surface area contributed by atoms with Crippen LogP contribution in [-0.2, 0) is 29.0 Å². The smallest absolute Gasteiger partial charge is 0.309 e. The van der Waals surface area contributed by atoms with Crippen molar-refractivity contribution >= 4 is 46.1 Å². The van der Waals surface area contributed by atoms with Crippen molar-refractivity contribution in [3.05, 3.63) is 94.6 Å². The first-order chi connectivity index (χ1) is 21.8. The first kappa shape index (κ1) is 33.9. The number of aryl methyl sites for hydroxylation is 1. The average molecular weight is 661 g/mol. The van der Waals surface area contributed by atoms with Gasteiger partial charge >= 0.3 is 5.97 Å². The maximum Gasteiger partial charge on any atom is 0.309 e. The van der Waals surface area contributed by atoms with Crippen LogP contribution in [0.1, 0.15) is 70.7 Å². The van der Waals surface area contributed by atoms with Crippen LogP contribution in [-0.4, -0.2) is 50.4 Å². The van der Waals surface area contributed by atoms with E-state index in [1.165, 1.54) is 5.56 Å². The fourth-order valence-corrected chi connectivity index (χ4v) is 7.37. The third-order valence-electron chi connectivity index (χ3n) is 8.55. The van der Waals surface area contributed by atoms with Gasteiger partial charge in [0.1, 0.15) is 12.4 Å². The van der Waals surface area contributed by atoms with Gasteiger partial charge in [0.2, 0.25) is 5.91 Å². The van der Waals surface area contributed by atoms with Crippen molar-refractivity contribution in [3.63, 3.8) is 0 Å². The second-order valence-electron chi connectivity index (χ2n) is 13.9. The Morgan fingerprint density at radius 2 is 1.70 bits per heavy atom. The predicted molar refractivity (Wildman–Crippen MR) is 188 cm³/mol. The van der Waals surface area contributed by atoms with Gasteiger partial charge in [0.15, 0.2) is 0 Å². The Kier molecular flexibility index (Phi) is 10.4. The number of rotatable bonds is 12. The lowest BCUT2D eigenvalue weighted by Crippen LogP contribution is -2.39.